The molecule has 162 valence electrons. The lowest BCUT2D eigenvalue weighted by molar-refractivity contribution is -0.142. The van der Waals surface area contributed by atoms with Gasteiger partial charge in [-0.25, -0.2) is 4.79 Å². The number of carboxylic acid groups (broad SMARTS) is 1. The molecule has 0 saturated heterocycles. The molecule has 2 aromatic rings. The quantitative estimate of drug-likeness (QED) is 0.359. The molecule has 0 aliphatic heterocycles. The first kappa shape index (κ1) is 23.6. The highest BCUT2D eigenvalue weighted by Gasteiger charge is 2.33. The molecule has 0 radical (unpaired) electrons. The van der Waals surface area contributed by atoms with Crippen LogP contribution >= 0.6 is 7.37 Å². The number of carbonyl (C=O) groups excluding carboxylic acids is 1. The van der Waals surface area contributed by atoms with Crippen LogP contribution in [0.4, 0.5) is 0 Å². The third kappa shape index (κ3) is 6.99. The largest absolute Gasteiger partial charge is 0.508 e. The summed E-state index contributed by atoms with van der Waals surface area (Å²) in [6.07, 6.45) is -0.171. The molecule has 0 aliphatic carbocycles. The van der Waals surface area contributed by atoms with Gasteiger partial charge in [-0.05, 0) is 36.6 Å². The Bertz CT molecular complexity index is 901. The predicted octanol–water partition coefficient (Wildman–Crippen LogP) is 1.94. The number of rotatable bonds is 10. The summed E-state index contributed by atoms with van der Waals surface area (Å²) in [5.74, 6) is -3.73. The SMILES string of the molecule is CC(N)P(=O)(O)CC(Cc1ccccc1)C(=O)N[C@@H](Cc1ccc(O)cc1)C(=O)O. The molecule has 2 rings (SSSR count). The van der Waals surface area contributed by atoms with E-state index < -0.39 is 37.0 Å². The summed E-state index contributed by atoms with van der Waals surface area (Å²) >= 11 is 0. The third-order valence-electron chi connectivity index (χ3n) is 4.80. The van der Waals surface area contributed by atoms with Crippen molar-refractivity contribution in [3.05, 3.63) is 65.7 Å². The van der Waals surface area contributed by atoms with E-state index in [0.717, 1.165) is 5.56 Å². The number of nitrogens with two attached hydrogens (primary N) is 1. The van der Waals surface area contributed by atoms with Crippen molar-refractivity contribution in [2.45, 2.75) is 31.6 Å². The fraction of sp³-hybridized carbons (Fsp3) is 0.333. The zero-order valence-electron chi connectivity index (χ0n) is 16.6. The van der Waals surface area contributed by atoms with Crippen LogP contribution in [0, 0.1) is 5.92 Å². The number of hydrogen-bond acceptors (Lipinski definition) is 5. The Hall–Kier alpha value is -2.67. The van der Waals surface area contributed by atoms with E-state index in [4.69, 9.17) is 5.73 Å². The van der Waals surface area contributed by atoms with Gasteiger partial charge in [-0.15, -0.1) is 0 Å². The van der Waals surface area contributed by atoms with E-state index in [0.29, 0.717) is 5.56 Å². The molecule has 0 aromatic heterocycles. The van der Waals surface area contributed by atoms with E-state index in [1.807, 2.05) is 6.07 Å². The van der Waals surface area contributed by atoms with Gasteiger partial charge in [0, 0.05) is 12.6 Å². The lowest BCUT2D eigenvalue weighted by Gasteiger charge is -2.24. The molecule has 0 heterocycles. The second kappa shape index (κ2) is 10.4. The summed E-state index contributed by atoms with van der Waals surface area (Å²) in [5.41, 5.74) is 7.02. The molecule has 1 amide bonds. The minimum atomic E-state index is -3.81. The van der Waals surface area contributed by atoms with Gasteiger partial charge in [0.1, 0.15) is 11.8 Å². The van der Waals surface area contributed by atoms with Crippen molar-refractivity contribution in [1.29, 1.82) is 0 Å². The van der Waals surface area contributed by atoms with E-state index in [9.17, 15) is 29.3 Å². The molecule has 4 atom stereocenters. The van der Waals surface area contributed by atoms with Gasteiger partial charge in [0.05, 0.1) is 11.7 Å². The van der Waals surface area contributed by atoms with Gasteiger partial charge >= 0.3 is 5.97 Å². The Morgan fingerprint density at radius 2 is 1.60 bits per heavy atom. The summed E-state index contributed by atoms with van der Waals surface area (Å²) in [6, 6.07) is 13.7. The van der Waals surface area contributed by atoms with E-state index in [2.05, 4.69) is 5.32 Å². The van der Waals surface area contributed by atoms with Gasteiger partial charge in [0.15, 0.2) is 0 Å². The van der Waals surface area contributed by atoms with Crippen molar-refractivity contribution in [2.75, 3.05) is 6.16 Å². The summed E-state index contributed by atoms with van der Waals surface area (Å²) < 4.78 is 12.5. The Balaban J connectivity index is 2.20. The van der Waals surface area contributed by atoms with Crippen LogP contribution in [0.1, 0.15) is 18.1 Å². The third-order valence-corrected chi connectivity index (χ3v) is 7.04. The molecule has 0 bridgehead atoms. The van der Waals surface area contributed by atoms with Crippen LogP contribution in [0.2, 0.25) is 0 Å². The molecule has 0 fully saturated rings. The maximum absolute atomic E-state index is 12.9. The van der Waals surface area contributed by atoms with Crippen molar-refractivity contribution >= 4 is 19.2 Å². The first-order valence-electron chi connectivity index (χ1n) is 9.50. The number of aliphatic carboxylic acids is 1. The number of carbonyl (C=O) groups is 2. The van der Waals surface area contributed by atoms with Crippen LogP contribution < -0.4 is 11.1 Å². The lowest BCUT2D eigenvalue weighted by Crippen LogP contribution is -2.46. The number of amides is 1. The molecule has 0 aliphatic rings. The smallest absolute Gasteiger partial charge is 0.326 e. The van der Waals surface area contributed by atoms with Gasteiger partial charge in [-0.3, -0.25) is 9.36 Å². The van der Waals surface area contributed by atoms with E-state index in [1.54, 1.807) is 36.4 Å². The highest BCUT2D eigenvalue weighted by molar-refractivity contribution is 7.58. The minimum absolute atomic E-state index is 0.00346. The Kier molecular flexibility index (Phi) is 8.17. The number of aromatic hydroxyl groups is 1. The fourth-order valence-electron chi connectivity index (χ4n) is 2.98. The van der Waals surface area contributed by atoms with Crippen LogP contribution in [-0.2, 0) is 27.0 Å². The van der Waals surface area contributed by atoms with Gasteiger partial charge in [0.2, 0.25) is 13.3 Å². The zero-order valence-corrected chi connectivity index (χ0v) is 17.5. The molecule has 30 heavy (non-hydrogen) atoms. The van der Waals surface area contributed by atoms with Gasteiger partial charge in [-0.2, -0.15) is 0 Å². The van der Waals surface area contributed by atoms with Crippen LogP contribution in [0.25, 0.3) is 0 Å². The standard InChI is InChI=1S/C21H27N2O6P/c1-14(22)30(28,29)13-17(11-15-5-3-2-4-6-15)20(25)23-19(21(26)27)12-16-7-9-18(24)10-8-16/h2-10,14,17,19,24H,11-13,22H2,1H3,(H,23,25)(H,26,27)(H,28,29)/t14?,17?,19-/m0/s1. The number of benzene rings is 2. The van der Waals surface area contributed by atoms with Crippen molar-refractivity contribution in [1.82, 2.24) is 5.32 Å². The van der Waals surface area contributed by atoms with Crippen LogP contribution in [-0.4, -0.2) is 45.0 Å². The number of nitrogens with one attached hydrogen (secondary N) is 1. The Morgan fingerprint density at radius 1 is 1.03 bits per heavy atom. The van der Waals surface area contributed by atoms with E-state index >= 15 is 0 Å². The Labute approximate surface area is 175 Å². The first-order valence-corrected chi connectivity index (χ1v) is 11.4. The second-order valence-corrected chi connectivity index (χ2v) is 10.0. The molecular formula is C21H27N2O6P. The number of hydrogen-bond donors (Lipinski definition) is 5. The number of phenolic OH excluding ortho intramolecular Hbond substituents is 1. The van der Waals surface area contributed by atoms with E-state index in [1.165, 1.54) is 19.1 Å². The van der Waals surface area contributed by atoms with Crippen molar-refractivity contribution < 1.29 is 29.3 Å². The molecule has 2 aromatic carbocycles. The summed E-state index contributed by atoms with van der Waals surface area (Å²) in [5, 5.41) is 21.4. The van der Waals surface area contributed by atoms with Gasteiger partial charge < -0.3 is 26.2 Å². The molecule has 8 nitrogen and oxygen atoms in total. The molecular weight excluding hydrogens is 407 g/mol. The van der Waals surface area contributed by atoms with Gasteiger partial charge in [-0.1, -0.05) is 42.5 Å². The van der Waals surface area contributed by atoms with Crippen LogP contribution in [0.15, 0.2) is 54.6 Å². The first-order chi connectivity index (χ1) is 14.1. The zero-order chi connectivity index (χ0) is 22.3. The molecule has 9 heteroatoms. The van der Waals surface area contributed by atoms with E-state index in [-0.39, 0.29) is 24.8 Å². The monoisotopic (exact) mass is 434 g/mol. The average molecular weight is 434 g/mol. The molecule has 6 N–H and O–H groups in total. The maximum Gasteiger partial charge on any atom is 0.326 e. The van der Waals surface area contributed by atoms with Crippen molar-refractivity contribution in [2.24, 2.45) is 11.7 Å². The Morgan fingerprint density at radius 3 is 2.13 bits per heavy atom. The van der Waals surface area contributed by atoms with Crippen molar-refractivity contribution in [3.63, 3.8) is 0 Å². The number of carboxylic acids is 1. The molecule has 3 unspecified atom stereocenters. The van der Waals surface area contributed by atoms with Crippen LogP contribution in [0.3, 0.4) is 0 Å². The average Bonchev–Trinajstić information content (AvgIpc) is 2.69. The van der Waals surface area contributed by atoms with Crippen molar-refractivity contribution in [3.8, 4) is 5.75 Å². The van der Waals surface area contributed by atoms with Gasteiger partial charge in [0.25, 0.3) is 0 Å². The normalized spacial score (nSPS) is 16.1. The summed E-state index contributed by atoms with van der Waals surface area (Å²) in [7, 11) is -3.81. The number of phenols is 1. The maximum atomic E-state index is 12.9. The molecule has 0 spiro atoms. The van der Waals surface area contributed by atoms with Crippen LogP contribution in [0.5, 0.6) is 5.75 Å². The predicted molar refractivity (Wildman–Crippen MR) is 113 cm³/mol. The molecule has 0 saturated carbocycles. The summed E-state index contributed by atoms with van der Waals surface area (Å²) in [6.45, 7) is 1.41. The highest BCUT2D eigenvalue weighted by atomic mass is 31.2. The highest BCUT2D eigenvalue weighted by Crippen LogP contribution is 2.45. The fourth-order valence-corrected chi connectivity index (χ4v) is 4.24. The second-order valence-electron chi connectivity index (χ2n) is 7.34. The summed E-state index contributed by atoms with van der Waals surface area (Å²) in [4.78, 5) is 34.8. The minimum Gasteiger partial charge on any atom is -0.508 e. The topological polar surface area (TPSA) is 150 Å². The lowest BCUT2D eigenvalue weighted by atomic mass is 9.99.